The highest BCUT2D eigenvalue weighted by Crippen LogP contribution is 2.48. The number of allylic oxidation sites excluding steroid dienone is 1. The molecular weight excluding hydrogens is 528 g/mol. The molecule has 0 saturated carbocycles. The van der Waals surface area contributed by atoms with E-state index in [1.807, 2.05) is 6.07 Å². The van der Waals surface area contributed by atoms with Crippen LogP contribution >= 0.6 is 0 Å². The van der Waals surface area contributed by atoms with Crippen molar-refractivity contribution in [2.45, 2.75) is 45.3 Å². The molecule has 218 valence electrons. The normalized spacial score (nSPS) is 23.6. The van der Waals surface area contributed by atoms with E-state index in [-0.39, 0.29) is 12.1 Å². The van der Waals surface area contributed by atoms with Crippen LogP contribution in [0.1, 0.15) is 38.8 Å². The molecule has 1 spiro atoms. The maximum absolute atomic E-state index is 13.3. The Kier molecular flexibility index (Phi) is 6.43. The monoisotopic (exact) mass is 566 g/mol. The van der Waals surface area contributed by atoms with E-state index < -0.39 is 5.60 Å². The molecule has 1 aromatic carbocycles. The van der Waals surface area contributed by atoms with Gasteiger partial charge in [-0.05, 0) is 88.5 Å². The number of hydrogen-bond acceptors (Lipinski definition) is 8. The minimum absolute atomic E-state index is 0.234. The van der Waals surface area contributed by atoms with Crippen LogP contribution in [-0.2, 0) is 12.1 Å². The number of nitrogens with one attached hydrogen (secondary N) is 1. The van der Waals surface area contributed by atoms with Crippen molar-refractivity contribution in [3.63, 3.8) is 0 Å². The van der Waals surface area contributed by atoms with Gasteiger partial charge < -0.3 is 20.2 Å². The Morgan fingerprint density at radius 1 is 1.10 bits per heavy atom. The average molecular weight is 567 g/mol. The predicted molar refractivity (Wildman–Crippen MR) is 165 cm³/mol. The highest BCUT2D eigenvalue weighted by atomic mass is 16.3. The molecule has 42 heavy (non-hydrogen) atoms. The molecule has 4 saturated heterocycles. The van der Waals surface area contributed by atoms with E-state index in [2.05, 4.69) is 55.9 Å². The number of pyridine rings is 1. The highest BCUT2D eigenvalue weighted by molar-refractivity contribution is 5.77. The summed E-state index contributed by atoms with van der Waals surface area (Å²) >= 11 is 0. The fraction of sp³-hybridized carbons (Fsp3) is 0.438. The standard InChI is InChI=1S/C32H38N8O2/c1-4-15-39-29(41)25-19-33-30(36-28(25)40(39)27-7-5-6-26(35-27)31(2,3)42)34-23-8-10-24(11-9-23)38-18-14-32(21-38)20-37-16-12-22(32)13-17-37/h4-11,19,22,42H,1,12-18,20-21H2,2-3H3,(H,33,34,36). The number of hydrogen-bond donors (Lipinski definition) is 2. The number of rotatable bonds is 7. The summed E-state index contributed by atoms with van der Waals surface area (Å²) in [6.07, 6.45) is 7.20. The lowest BCUT2D eigenvalue weighted by Gasteiger charge is -2.51. The first kappa shape index (κ1) is 26.9. The molecule has 10 heteroatoms. The first-order chi connectivity index (χ1) is 20.2. The van der Waals surface area contributed by atoms with Crippen LogP contribution in [0, 0.1) is 11.3 Å². The quantitative estimate of drug-likeness (QED) is 0.323. The molecule has 0 aliphatic carbocycles. The van der Waals surface area contributed by atoms with Crippen LogP contribution in [0.4, 0.5) is 17.3 Å². The third kappa shape index (κ3) is 4.59. The molecule has 10 nitrogen and oxygen atoms in total. The van der Waals surface area contributed by atoms with Gasteiger partial charge in [0.2, 0.25) is 5.95 Å². The Labute approximate surface area is 245 Å². The maximum Gasteiger partial charge on any atom is 0.278 e. The Balaban J connectivity index is 1.16. The van der Waals surface area contributed by atoms with Gasteiger partial charge >= 0.3 is 0 Å². The molecule has 4 aliphatic rings. The van der Waals surface area contributed by atoms with Crippen LogP contribution in [0.2, 0.25) is 0 Å². The second-order valence-corrected chi connectivity index (χ2v) is 12.6. The number of fused-ring (bicyclic) bond motifs is 3. The summed E-state index contributed by atoms with van der Waals surface area (Å²) in [5.74, 6) is 1.72. The maximum atomic E-state index is 13.3. The Morgan fingerprint density at radius 3 is 2.57 bits per heavy atom. The van der Waals surface area contributed by atoms with Crippen molar-refractivity contribution in [1.82, 2.24) is 29.2 Å². The largest absolute Gasteiger partial charge is 0.384 e. The summed E-state index contributed by atoms with van der Waals surface area (Å²) in [5, 5.41) is 14.2. The van der Waals surface area contributed by atoms with E-state index in [0.717, 1.165) is 24.7 Å². The van der Waals surface area contributed by atoms with E-state index in [1.165, 1.54) is 49.3 Å². The first-order valence-electron chi connectivity index (χ1n) is 14.9. The van der Waals surface area contributed by atoms with Crippen LogP contribution in [0.25, 0.3) is 16.9 Å². The first-order valence-corrected chi connectivity index (χ1v) is 14.9. The van der Waals surface area contributed by atoms with Crippen molar-refractivity contribution in [2.75, 3.05) is 42.9 Å². The topological polar surface area (TPSA) is 104 Å². The minimum Gasteiger partial charge on any atom is -0.384 e. The van der Waals surface area contributed by atoms with Crippen molar-refractivity contribution in [3.05, 3.63) is 77.4 Å². The second kappa shape index (κ2) is 10.1. The number of benzene rings is 1. The molecule has 0 radical (unpaired) electrons. The molecular formula is C32H38N8O2. The molecule has 0 amide bonds. The molecule has 4 fully saturated rings. The van der Waals surface area contributed by atoms with E-state index in [9.17, 15) is 9.90 Å². The third-order valence-corrected chi connectivity index (χ3v) is 9.42. The van der Waals surface area contributed by atoms with Crippen molar-refractivity contribution in [2.24, 2.45) is 11.3 Å². The summed E-state index contributed by atoms with van der Waals surface area (Å²) in [6, 6.07) is 13.8. The number of aliphatic hydroxyl groups is 1. The van der Waals surface area contributed by atoms with Gasteiger partial charge in [0.1, 0.15) is 11.0 Å². The summed E-state index contributed by atoms with van der Waals surface area (Å²) in [6.45, 7) is 13.5. The fourth-order valence-corrected chi connectivity index (χ4v) is 7.23. The zero-order valence-corrected chi connectivity index (χ0v) is 24.3. The van der Waals surface area contributed by atoms with Gasteiger partial charge in [0.15, 0.2) is 11.5 Å². The molecule has 8 rings (SSSR count). The van der Waals surface area contributed by atoms with Gasteiger partial charge in [-0.1, -0.05) is 12.1 Å². The molecule has 1 atom stereocenters. The lowest BCUT2D eigenvalue weighted by atomic mass is 9.66. The Morgan fingerprint density at radius 2 is 1.88 bits per heavy atom. The molecule has 2 N–H and O–H groups in total. The number of piperidine rings is 3. The molecule has 4 aromatic rings. The van der Waals surface area contributed by atoms with Crippen LogP contribution in [0.3, 0.4) is 0 Å². The fourth-order valence-electron chi connectivity index (χ4n) is 7.23. The van der Waals surface area contributed by atoms with Crippen molar-refractivity contribution in [3.8, 4) is 5.82 Å². The highest BCUT2D eigenvalue weighted by Gasteiger charge is 2.50. The van der Waals surface area contributed by atoms with Gasteiger partial charge in [-0.3, -0.25) is 4.79 Å². The SMILES string of the molecule is C=CCn1c(=O)c2cnc(Nc3ccc(N4CCC5(CN6CCC5CC6)C4)cc3)nc2n1-c1cccc(C(C)(C)O)n1. The van der Waals surface area contributed by atoms with E-state index in [0.29, 0.717) is 33.9 Å². The molecule has 4 aliphatic heterocycles. The minimum atomic E-state index is -1.14. The van der Waals surface area contributed by atoms with Crippen LogP contribution < -0.4 is 15.8 Å². The van der Waals surface area contributed by atoms with Crippen molar-refractivity contribution in [1.29, 1.82) is 0 Å². The average Bonchev–Trinajstić information content (AvgIpc) is 3.52. The van der Waals surface area contributed by atoms with Crippen LogP contribution in [0.5, 0.6) is 0 Å². The Bertz CT molecular complexity index is 1690. The molecule has 2 bridgehead atoms. The smallest absolute Gasteiger partial charge is 0.278 e. The van der Waals surface area contributed by atoms with Gasteiger partial charge in [-0.25, -0.2) is 19.3 Å². The van der Waals surface area contributed by atoms with Crippen LogP contribution in [0.15, 0.2) is 66.1 Å². The molecule has 1 unspecified atom stereocenters. The van der Waals surface area contributed by atoms with Gasteiger partial charge in [0.05, 0.1) is 12.2 Å². The van der Waals surface area contributed by atoms with Gasteiger partial charge in [-0.2, -0.15) is 4.98 Å². The second-order valence-electron chi connectivity index (χ2n) is 12.6. The lowest BCUT2D eigenvalue weighted by molar-refractivity contribution is -0.0145. The van der Waals surface area contributed by atoms with E-state index >= 15 is 0 Å². The summed E-state index contributed by atoms with van der Waals surface area (Å²) < 4.78 is 3.20. The van der Waals surface area contributed by atoms with Crippen molar-refractivity contribution < 1.29 is 5.11 Å². The zero-order valence-electron chi connectivity index (χ0n) is 24.3. The van der Waals surface area contributed by atoms with E-state index in [1.54, 1.807) is 42.9 Å². The van der Waals surface area contributed by atoms with Crippen molar-refractivity contribution >= 4 is 28.4 Å². The lowest BCUT2D eigenvalue weighted by Crippen LogP contribution is -2.55. The third-order valence-electron chi connectivity index (χ3n) is 9.42. The number of nitrogens with zero attached hydrogens (tertiary/aromatic N) is 7. The summed E-state index contributed by atoms with van der Waals surface area (Å²) in [7, 11) is 0. The van der Waals surface area contributed by atoms with Gasteiger partial charge in [-0.15, -0.1) is 6.58 Å². The Hall–Kier alpha value is -4.02. The van der Waals surface area contributed by atoms with Gasteiger partial charge in [0.25, 0.3) is 5.56 Å². The van der Waals surface area contributed by atoms with E-state index in [4.69, 9.17) is 4.98 Å². The van der Waals surface area contributed by atoms with Crippen LogP contribution in [-0.4, -0.2) is 67.0 Å². The molecule has 7 heterocycles. The molecule has 3 aromatic heterocycles. The predicted octanol–water partition coefficient (Wildman–Crippen LogP) is 4.06. The number of anilines is 3. The zero-order chi connectivity index (χ0) is 29.1. The summed E-state index contributed by atoms with van der Waals surface area (Å²) in [5.41, 5.74) is 2.12. The summed E-state index contributed by atoms with van der Waals surface area (Å²) in [4.78, 5) is 32.4. The number of aromatic nitrogens is 5. The van der Waals surface area contributed by atoms with Gasteiger partial charge in [0, 0.05) is 42.6 Å².